The Kier molecular flexibility index (Phi) is 7.13. The summed E-state index contributed by atoms with van der Waals surface area (Å²) in [5, 5.41) is 13.0. The summed E-state index contributed by atoms with van der Waals surface area (Å²) in [5.41, 5.74) is 1.27. The highest BCUT2D eigenvalue weighted by Crippen LogP contribution is 2.47. The lowest BCUT2D eigenvalue weighted by molar-refractivity contribution is -0.137. The Bertz CT molecular complexity index is 1160. The quantitative estimate of drug-likeness (QED) is 0.606. The molecule has 0 bridgehead atoms. The molecule has 1 amide bonds. The molecule has 1 spiro atoms. The number of ether oxygens (including phenoxy) is 1. The van der Waals surface area contributed by atoms with Crippen LogP contribution in [-0.4, -0.2) is 53.5 Å². The Labute approximate surface area is 213 Å². The van der Waals surface area contributed by atoms with Gasteiger partial charge in [0.25, 0.3) is 5.91 Å². The molecule has 1 saturated heterocycles. The Balaban J connectivity index is 1.10. The molecule has 198 valence electrons. The second-order valence-electron chi connectivity index (χ2n) is 10.5. The molecular formula is C28H31F3N2O4. The minimum Gasteiger partial charge on any atom is -0.391 e. The summed E-state index contributed by atoms with van der Waals surface area (Å²) in [6.45, 7) is 1.46. The van der Waals surface area contributed by atoms with Gasteiger partial charge in [-0.2, -0.15) is 13.2 Å². The van der Waals surface area contributed by atoms with Gasteiger partial charge in [0.15, 0.2) is 5.78 Å². The van der Waals surface area contributed by atoms with Gasteiger partial charge in [0.2, 0.25) is 0 Å². The van der Waals surface area contributed by atoms with Crippen LogP contribution in [0.5, 0.6) is 0 Å². The van der Waals surface area contributed by atoms with Crippen LogP contribution in [0.4, 0.5) is 13.2 Å². The van der Waals surface area contributed by atoms with Crippen LogP contribution in [0.1, 0.15) is 59.2 Å². The van der Waals surface area contributed by atoms with E-state index in [1.807, 2.05) is 6.07 Å². The maximum Gasteiger partial charge on any atom is 0.416 e. The molecule has 0 radical (unpaired) electrons. The van der Waals surface area contributed by atoms with Crippen molar-refractivity contribution < 1.29 is 32.6 Å². The summed E-state index contributed by atoms with van der Waals surface area (Å²) in [6, 6.07) is 12.8. The Morgan fingerprint density at radius 2 is 1.84 bits per heavy atom. The number of aliphatic hydroxyl groups excluding tert-OH is 1. The van der Waals surface area contributed by atoms with Crippen molar-refractivity contribution in [3.05, 3.63) is 70.8 Å². The van der Waals surface area contributed by atoms with Gasteiger partial charge in [0, 0.05) is 37.0 Å². The number of amides is 1. The second kappa shape index (κ2) is 10.2. The zero-order valence-electron chi connectivity index (χ0n) is 20.5. The van der Waals surface area contributed by atoms with Crippen LogP contribution < -0.4 is 5.32 Å². The minimum absolute atomic E-state index is 0.105. The molecule has 2 aromatic carbocycles. The molecule has 6 nitrogen and oxygen atoms in total. The van der Waals surface area contributed by atoms with Gasteiger partial charge in [-0.25, -0.2) is 0 Å². The van der Waals surface area contributed by atoms with E-state index >= 15 is 0 Å². The first-order valence-electron chi connectivity index (χ1n) is 12.8. The van der Waals surface area contributed by atoms with Crippen LogP contribution >= 0.6 is 0 Å². The molecule has 0 unspecified atom stereocenters. The van der Waals surface area contributed by atoms with Crippen LogP contribution in [0.25, 0.3) is 0 Å². The fraction of sp³-hybridized carbons (Fsp3) is 0.500. The largest absolute Gasteiger partial charge is 0.416 e. The van der Waals surface area contributed by atoms with Crippen LogP contribution in [0.15, 0.2) is 48.5 Å². The van der Waals surface area contributed by atoms with E-state index in [9.17, 15) is 27.9 Å². The van der Waals surface area contributed by atoms with Gasteiger partial charge in [0.05, 0.1) is 30.4 Å². The average Bonchev–Trinajstić information content (AvgIpc) is 3.43. The molecule has 2 fully saturated rings. The maximum atomic E-state index is 12.9. The highest BCUT2D eigenvalue weighted by Gasteiger charge is 2.45. The molecule has 0 aromatic heterocycles. The number of β-amino-alcohol motifs (C(OH)–C–C–N with tert-alkyl or cyclic N) is 1. The number of hydrogen-bond donors (Lipinski definition) is 2. The predicted molar refractivity (Wildman–Crippen MR) is 130 cm³/mol. The number of hydrogen-bond acceptors (Lipinski definition) is 5. The van der Waals surface area contributed by atoms with Crippen LogP contribution in [-0.2, 0) is 27.9 Å². The zero-order chi connectivity index (χ0) is 26.2. The lowest BCUT2D eigenvalue weighted by Gasteiger charge is -2.40. The number of carbonyl (C=O) groups excluding carboxylic acids is 2. The first kappa shape index (κ1) is 25.9. The third-order valence-electron chi connectivity index (χ3n) is 8.11. The summed E-state index contributed by atoms with van der Waals surface area (Å²) in [6.07, 6.45) is -1.33. The topological polar surface area (TPSA) is 78.9 Å². The molecule has 37 heavy (non-hydrogen) atoms. The first-order valence-corrected chi connectivity index (χ1v) is 12.8. The third kappa shape index (κ3) is 5.44. The van der Waals surface area contributed by atoms with Crippen molar-refractivity contribution in [1.29, 1.82) is 0 Å². The third-order valence-corrected chi connectivity index (χ3v) is 8.11. The number of ketones is 1. The second-order valence-corrected chi connectivity index (χ2v) is 10.5. The number of nitrogens with zero attached hydrogens (tertiary/aromatic N) is 1. The number of Topliss-reactive ketones (excluding diaryl/α,β-unsaturated/α-hetero) is 1. The van der Waals surface area contributed by atoms with Gasteiger partial charge in [-0.1, -0.05) is 30.3 Å². The molecular weight excluding hydrogens is 485 g/mol. The van der Waals surface area contributed by atoms with Crippen molar-refractivity contribution in [2.24, 2.45) is 5.92 Å². The Morgan fingerprint density at radius 1 is 1.08 bits per heavy atom. The van der Waals surface area contributed by atoms with E-state index in [1.54, 1.807) is 0 Å². The molecule has 2 aliphatic heterocycles. The van der Waals surface area contributed by atoms with E-state index < -0.39 is 23.8 Å². The van der Waals surface area contributed by atoms with E-state index in [4.69, 9.17) is 4.74 Å². The van der Waals surface area contributed by atoms with Crippen molar-refractivity contribution >= 4 is 11.7 Å². The standard InChI is InChI=1S/C28H31F3N2O4/c29-28(30,31)21-6-3-5-18(12-21)26(36)32-14-23(34)13-20-15-33(16-25(20)35)22-8-10-27(11-9-22)24-7-2-1-4-19(24)17-37-27/h1-7,12,20,22,25,35H,8-11,13-17H2,(H,32,36)/t20-,22?,25-,27?/m0/s1. The predicted octanol–water partition coefficient (Wildman–Crippen LogP) is 4.06. The van der Waals surface area contributed by atoms with Crippen molar-refractivity contribution in [3.8, 4) is 0 Å². The summed E-state index contributed by atoms with van der Waals surface area (Å²) < 4.78 is 44.9. The van der Waals surface area contributed by atoms with Gasteiger partial charge in [-0.3, -0.25) is 14.5 Å². The van der Waals surface area contributed by atoms with Gasteiger partial charge in [-0.15, -0.1) is 0 Å². The average molecular weight is 517 g/mol. The zero-order valence-corrected chi connectivity index (χ0v) is 20.5. The van der Waals surface area contributed by atoms with Crippen LogP contribution in [0, 0.1) is 5.92 Å². The number of alkyl halides is 3. The lowest BCUT2D eigenvalue weighted by Crippen LogP contribution is -2.42. The van der Waals surface area contributed by atoms with Gasteiger partial charge >= 0.3 is 6.18 Å². The van der Waals surface area contributed by atoms with E-state index in [-0.39, 0.29) is 35.8 Å². The van der Waals surface area contributed by atoms with E-state index in [0.717, 1.165) is 43.9 Å². The number of fused-ring (bicyclic) bond motifs is 2. The monoisotopic (exact) mass is 516 g/mol. The molecule has 2 N–H and O–H groups in total. The molecule has 5 rings (SSSR count). The molecule has 1 aliphatic carbocycles. The van der Waals surface area contributed by atoms with Crippen molar-refractivity contribution in [2.75, 3.05) is 19.6 Å². The van der Waals surface area contributed by atoms with Crippen molar-refractivity contribution in [3.63, 3.8) is 0 Å². The molecule has 2 heterocycles. The van der Waals surface area contributed by atoms with Gasteiger partial charge in [0.1, 0.15) is 0 Å². The highest BCUT2D eigenvalue weighted by molar-refractivity contribution is 5.96. The SMILES string of the molecule is O=C(CNC(=O)c1cccc(C(F)(F)F)c1)C[C@H]1CN(C2CCC3(CC2)OCc2ccccc23)C[C@@H]1O. The molecule has 2 aromatic rings. The molecule has 1 saturated carbocycles. The Morgan fingerprint density at radius 3 is 2.59 bits per heavy atom. The van der Waals surface area contributed by atoms with Crippen LogP contribution in [0.2, 0.25) is 0 Å². The fourth-order valence-corrected chi connectivity index (χ4v) is 6.10. The number of halogens is 3. The lowest BCUT2D eigenvalue weighted by atomic mass is 9.77. The van der Waals surface area contributed by atoms with E-state index in [1.165, 1.54) is 17.2 Å². The number of benzene rings is 2. The summed E-state index contributed by atoms with van der Waals surface area (Å²) in [7, 11) is 0. The van der Waals surface area contributed by atoms with E-state index in [0.29, 0.717) is 25.7 Å². The summed E-state index contributed by atoms with van der Waals surface area (Å²) >= 11 is 0. The Hall–Kier alpha value is -2.75. The highest BCUT2D eigenvalue weighted by atomic mass is 19.4. The van der Waals surface area contributed by atoms with Crippen molar-refractivity contribution in [2.45, 2.75) is 62.6 Å². The summed E-state index contributed by atoms with van der Waals surface area (Å²) in [5.74, 6) is -1.23. The normalized spacial score (nSPS) is 27.8. The smallest absolute Gasteiger partial charge is 0.391 e. The van der Waals surface area contributed by atoms with Gasteiger partial charge in [-0.05, 0) is 55.0 Å². The molecule has 2 atom stereocenters. The van der Waals surface area contributed by atoms with Crippen molar-refractivity contribution in [1.82, 2.24) is 10.2 Å². The summed E-state index contributed by atoms with van der Waals surface area (Å²) in [4.78, 5) is 27.1. The number of nitrogens with one attached hydrogen (secondary N) is 1. The first-order chi connectivity index (χ1) is 17.6. The number of carbonyl (C=O) groups is 2. The van der Waals surface area contributed by atoms with Gasteiger partial charge < -0.3 is 15.2 Å². The molecule has 9 heteroatoms. The maximum absolute atomic E-state index is 12.9. The molecule has 3 aliphatic rings. The number of rotatable bonds is 6. The fourth-order valence-electron chi connectivity index (χ4n) is 6.10. The van der Waals surface area contributed by atoms with Crippen LogP contribution in [0.3, 0.4) is 0 Å². The van der Waals surface area contributed by atoms with E-state index in [2.05, 4.69) is 28.4 Å². The number of aliphatic hydroxyl groups is 1. The minimum atomic E-state index is -4.55. The number of likely N-dealkylation sites (tertiary alicyclic amines) is 1.